The fraction of sp³-hybridized carbons (Fsp3) is 0.0750. The van der Waals surface area contributed by atoms with E-state index in [-0.39, 0.29) is 0 Å². The number of para-hydroxylation sites is 5. The summed E-state index contributed by atoms with van der Waals surface area (Å²) >= 11 is 0. The molecular weight excluding hydrogens is 588 g/mol. The second-order valence-electron chi connectivity index (χ2n) is 11.0. The number of carbonyl (C=O) groups is 2. The summed E-state index contributed by atoms with van der Waals surface area (Å²) in [7, 11) is 0. The fourth-order valence-corrected chi connectivity index (χ4v) is 5.67. The third kappa shape index (κ3) is 6.74. The summed E-state index contributed by atoms with van der Waals surface area (Å²) in [4.78, 5) is 31.6. The number of benzene rings is 5. The van der Waals surface area contributed by atoms with Crippen molar-refractivity contribution in [3.05, 3.63) is 156 Å². The summed E-state index contributed by atoms with van der Waals surface area (Å²) in [6, 6.07) is 41.4. The predicted octanol–water partition coefficient (Wildman–Crippen LogP) is 9.10. The molecule has 1 aliphatic rings. The van der Waals surface area contributed by atoms with E-state index in [1.165, 1.54) is 0 Å². The quantitative estimate of drug-likeness (QED) is 0.163. The maximum Gasteiger partial charge on any atom is 0.339 e. The van der Waals surface area contributed by atoms with Gasteiger partial charge < -0.3 is 19.5 Å². The lowest BCUT2D eigenvalue weighted by Crippen LogP contribution is -2.22. The van der Waals surface area contributed by atoms with Gasteiger partial charge in [0.2, 0.25) is 0 Å². The number of anilines is 1. The second-order valence-corrected chi connectivity index (χ2v) is 11.0. The first-order chi connectivity index (χ1) is 23.1. The van der Waals surface area contributed by atoms with Gasteiger partial charge >= 0.3 is 5.97 Å². The summed E-state index contributed by atoms with van der Waals surface area (Å²) in [6.45, 7) is -0.458. The zero-order chi connectivity index (χ0) is 32.0. The van der Waals surface area contributed by atoms with Gasteiger partial charge in [0, 0.05) is 5.39 Å². The Kier molecular flexibility index (Phi) is 8.42. The predicted molar refractivity (Wildman–Crippen MR) is 183 cm³/mol. The molecule has 1 aromatic heterocycles. The van der Waals surface area contributed by atoms with E-state index in [1.807, 2.05) is 115 Å². The molecule has 1 amide bonds. The molecule has 6 aromatic rings. The first kappa shape index (κ1) is 29.5. The zero-order valence-electron chi connectivity index (χ0n) is 25.4. The van der Waals surface area contributed by atoms with Crippen LogP contribution in [-0.2, 0) is 16.0 Å². The van der Waals surface area contributed by atoms with E-state index in [0.717, 1.165) is 33.9 Å². The Bertz CT molecular complexity index is 2110. The van der Waals surface area contributed by atoms with Crippen LogP contribution in [0.15, 0.2) is 133 Å². The van der Waals surface area contributed by atoms with Crippen LogP contribution < -0.4 is 14.8 Å². The van der Waals surface area contributed by atoms with Crippen LogP contribution in [0.3, 0.4) is 0 Å². The number of esters is 1. The van der Waals surface area contributed by atoms with Gasteiger partial charge in [-0.2, -0.15) is 0 Å². The molecule has 1 heterocycles. The van der Waals surface area contributed by atoms with Gasteiger partial charge in [-0.25, -0.2) is 9.78 Å². The summed E-state index contributed by atoms with van der Waals surface area (Å²) in [5.41, 5.74) is 5.16. The number of fused-ring (bicyclic) bond motifs is 2. The van der Waals surface area contributed by atoms with Crippen LogP contribution >= 0.6 is 0 Å². The Labute approximate surface area is 272 Å². The highest BCUT2D eigenvalue weighted by Gasteiger charge is 2.28. The third-order valence-electron chi connectivity index (χ3n) is 7.79. The molecule has 230 valence electrons. The number of carbonyl (C=O) groups excluding carboxylic acids is 2. The maximum atomic E-state index is 13.7. The van der Waals surface area contributed by atoms with E-state index >= 15 is 0 Å². The van der Waals surface area contributed by atoms with Crippen molar-refractivity contribution in [2.75, 3.05) is 11.9 Å². The monoisotopic (exact) mass is 618 g/mol. The smallest absolute Gasteiger partial charge is 0.339 e. The van der Waals surface area contributed by atoms with Gasteiger partial charge in [-0.3, -0.25) is 4.79 Å². The molecule has 0 saturated carbocycles. The third-order valence-corrected chi connectivity index (χ3v) is 7.79. The van der Waals surface area contributed by atoms with Crippen molar-refractivity contribution in [2.24, 2.45) is 0 Å². The molecule has 0 aliphatic heterocycles. The van der Waals surface area contributed by atoms with Gasteiger partial charge in [0.15, 0.2) is 12.4 Å². The van der Waals surface area contributed by atoms with Crippen molar-refractivity contribution in [1.29, 1.82) is 0 Å². The average Bonchev–Trinajstić information content (AvgIpc) is 3.49. The van der Waals surface area contributed by atoms with Crippen LogP contribution in [0.4, 0.5) is 5.69 Å². The van der Waals surface area contributed by atoms with Crippen LogP contribution in [0.1, 0.15) is 33.6 Å². The molecule has 1 aliphatic carbocycles. The van der Waals surface area contributed by atoms with Gasteiger partial charge in [-0.1, -0.05) is 78.9 Å². The molecule has 1 N–H and O–H groups in total. The fourth-order valence-electron chi connectivity index (χ4n) is 5.67. The summed E-state index contributed by atoms with van der Waals surface area (Å²) in [5, 5.41) is 3.50. The van der Waals surface area contributed by atoms with Crippen molar-refractivity contribution in [1.82, 2.24) is 4.98 Å². The Hall–Kier alpha value is -6.21. The highest BCUT2D eigenvalue weighted by molar-refractivity contribution is 6.08. The molecule has 0 fully saturated rings. The lowest BCUT2D eigenvalue weighted by atomic mass is 10.0. The molecule has 0 unspecified atom stereocenters. The number of aromatic nitrogens is 1. The van der Waals surface area contributed by atoms with Crippen molar-refractivity contribution in [3.63, 3.8) is 0 Å². The number of nitrogens with zero attached hydrogens (tertiary/aromatic N) is 1. The average molecular weight is 619 g/mol. The van der Waals surface area contributed by atoms with E-state index in [9.17, 15) is 9.59 Å². The molecule has 5 aromatic carbocycles. The second kappa shape index (κ2) is 13.4. The maximum absolute atomic E-state index is 13.7. The minimum Gasteiger partial charge on any atom is -0.457 e. The van der Waals surface area contributed by atoms with Gasteiger partial charge in [-0.15, -0.1) is 0 Å². The van der Waals surface area contributed by atoms with Gasteiger partial charge in [0.1, 0.15) is 17.2 Å². The number of hydrogen-bond acceptors (Lipinski definition) is 6. The van der Waals surface area contributed by atoms with Gasteiger partial charge in [-0.05, 0) is 90.2 Å². The highest BCUT2D eigenvalue weighted by Crippen LogP contribution is 2.38. The van der Waals surface area contributed by atoms with E-state index in [0.29, 0.717) is 46.5 Å². The molecule has 7 rings (SSSR count). The zero-order valence-corrected chi connectivity index (χ0v) is 25.4. The van der Waals surface area contributed by atoms with Crippen LogP contribution in [0.25, 0.3) is 22.6 Å². The van der Waals surface area contributed by atoms with Crippen LogP contribution in [0, 0.1) is 0 Å². The molecule has 7 nitrogen and oxygen atoms in total. The lowest BCUT2D eigenvalue weighted by molar-refractivity contribution is -0.119. The Morgan fingerprint density at radius 1 is 0.702 bits per heavy atom. The van der Waals surface area contributed by atoms with Gasteiger partial charge in [0.25, 0.3) is 5.91 Å². The van der Waals surface area contributed by atoms with Crippen LogP contribution in [-0.4, -0.2) is 23.5 Å². The molecule has 0 bridgehead atoms. The van der Waals surface area contributed by atoms with Crippen molar-refractivity contribution in [3.8, 4) is 23.0 Å². The molecule has 47 heavy (non-hydrogen) atoms. The van der Waals surface area contributed by atoms with Crippen molar-refractivity contribution >= 4 is 40.1 Å². The number of ether oxygens (including phenoxy) is 3. The minimum absolute atomic E-state index is 0.441. The number of amides is 1. The molecule has 0 saturated heterocycles. The van der Waals surface area contributed by atoms with Crippen LogP contribution in [0.2, 0.25) is 0 Å². The Balaban J connectivity index is 1.11. The molecular formula is C40H30N2O5. The standard InChI is InChI=1S/C40H30N2O5/c43-37(41-35-20-9-10-21-36(35)47-30-15-5-2-6-16-30)26-45-40(44)38-32-18-7-8-19-34(32)42-39-28(22-23-33(38)39)24-27-12-11-17-31(25-27)46-29-13-3-1-4-14-29/h1-21,24-25H,22-23,26H2,(H,41,43)/b28-24-. The molecule has 0 radical (unpaired) electrons. The lowest BCUT2D eigenvalue weighted by Gasteiger charge is -2.14. The van der Waals surface area contributed by atoms with Crippen molar-refractivity contribution in [2.45, 2.75) is 12.8 Å². The first-order valence-corrected chi connectivity index (χ1v) is 15.4. The first-order valence-electron chi connectivity index (χ1n) is 15.4. The highest BCUT2D eigenvalue weighted by atomic mass is 16.5. The number of rotatable bonds is 9. The van der Waals surface area contributed by atoms with E-state index in [4.69, 9.17) is 19.2 Å². The topological polar surface area (TPSA) is 86.8 Å². The molecule has 0 atom stereocenters. The largest absolute Gasteiger partial charge is 0.457 e. The number of hydrogen-bond donors (Lipinski definition) is 1. The summed E-state index contributed by atoms with van der Waals surface area (Å²) in [5.74, 6) is 1.57. The van der Waals surface area contributed by atoms with Crippen LogP contribution in [0.5, 0.6) is 23.0 Å². The number of allylic oxidation sites excluding steroid dienone is 1. The minimum atomic E-state index is -0.566. The Morgan fingerprint density at radius 2 is 1.38 bits per heavy atom. The van der Waals surface area contributed by atoms with Gasteiger partial charge in [0.05, 0.1) is 22.5 Å². The molecule has 7 heteroatoms. The summed E-state index contributed by atoms with van der Waals surface area (Å²) in [6.07, 6.45) is 3.42. The van der Waals surface area contributed by atoms with Crippen molar-refractivity contribution < 1.29 is 23.8 Å². The number of nitrogens with one attached hydrogen (secondary N) is 1. The number of pyridine rings is 1. The van der Waals surface area contributed by atoms with E-state index < -0.39 is 18.5 Å². The Morgan fingerprint density at radius 3 is 2.19 bits per heavy atom. The van der Waals surface area contributed by atoms with E-state index in [1.54, 1.807) is 18.2 Å². The SMILES string of the molecule is O=C(COC(=O)c1c2c(nc3ccccc13)/C(=C\c1cccc(Oc3ccccc3)c1)CC2)Nc1ccccc1Oc1ccccc1. The van der Waals surface area contributed by atoms with E-state index in [2.05, 4.69) is 11.4 Å². The molecule has 0 spiro atoms. The summed E-state index contributed by atoms with van der Waals surface area (Å²) < 4.78 is 17.6. The normalized spacial score (nSPS) is 12.8.